The largest absolute Gasteiger partial charge is 0.369 e. The van der Waals surface area contributed by atoms with E-state index in [2.05, 4.69) is 41.1 Å². The van der Waals surface area contributed by atoms with Gasteiger partial charge in [-0.3, -0.25) is 4.79 Å². The molecule has 1 fully saturated rings. The minimum atomic E-state index is -0.581. The van der Waals surface area contributed by atoms with Gasteiger partial charge in [-0.05, 0) is 56.6 Å². The third-order valence-electron chi connectivity index (χ3n) is 5.71. The molecule has 27 heavy (non-hydrogen) atoms. The average Bonchev–Trinajstić information content (AvgIpc) is 2.70. The van der Waals surface area contributed by atoms with Crippen molar-refractivity contribution < 1.29 is 4.79 Å². The first-order chi connectivity index (χ1) is 12.9. The van der Waals surface area contributed by atoms with Crippen LogP contribution in [0.3, 0.4) is 0 Å². The van der Waals surface area contributed by atoms with Gasteiger partial charge in [-0.25, -0.2) is 0 Å². The molecule has 0 saturated carbocycles. The molecular formula is C23H31N3O. The molecule has 1 saturated heterocycles. The van der Waals surface area contributed by atoms with E-state index in [0.717, 1.165) is 49.5 Å². The summed E-state index contributed by atoms with van der Waals surface area (Å²) in [5, 5.41) is 3.13. The number of carbonyl (C=O) groups is 1. The maximum atomic E-state index is 12.9. The van der Waals surface area contributed by atoms with Gasteiger partial charge in [-0.15, -0.1) is 0 Å². The van der Waals surface area contributed by atoms with Crippen LogP contribution in [0.2, 0.25) is 0 Å². The second-order valence-corrected chi connectivity index (χ2v) is 7.87. The van der Waals surface area contributed by atoms with Crippen LogP contribution in [0.15, 0.2) is 48.5 Å². The first-order valence-electron chi connectivity index (χ1n) is 9.86. The Morgan fingerprint density at radius 2 is 1.70 bits per heavy atom. The number of hydrogen-bond donors (Lipinski definition) is 1. The van der Waals surface area contributed by atoms with Crippen LogP contribution in [0.1, 0.15) is 31.9 Å². The Morgan fingerprint density at radius 1 is 1.04 bits per heavy atom. The van der Waals surface area contributed by atoms with Gasteiger partial charge in [0, 0.05) is 37.6 Å². The van der Waals surface area contributed by atoms with Crippen LogP contribution in [-0.2, 0) is 10.2 Å². The lowest BCUT2D eigenvalue weighted by atomic mass is 9.83. The van der Waals surface area contributed by atoms with E-state index in [-0.39, 0.29) is 5.91 Å². The summed E-state index contributed by atoms with van der Waals surface area (Å²) in [7, 11) is 0. The number of hydrogen-bond acceptors (Lipinski definition) is 3. The van der Waals surface area contributed by atoms with Crippen molar-refractivity contribution in [3.05, 3.63) is 59.7 Å². The minimum absolute atomic E-state index is 0.0149. The van der Waals surface area contributed by atoms with E-state index < -0.39 is 5.41 Å². The van der Waals surface area contributed by atoms with Crippen LogP contribution < -0.4 is 10.2 Å². The SMILES string of the molecule is CCN1CCN(c2ccc(NC(=O)C(C)(C)c3ccccc3)c(C)c2)CC1. The summed E-state index contributed by atoms with van der Waals surface area (Å²) in [5.41, 5.74) is 3.67. The van der Waals surface area contributed by atoms with Gasteiger partial charge in [0.2, 0.25) is 5.91 Å². The summed E-state index contributed by atoms with van der Waals surface area (Å²) in [5.74, 6) is 0.0149. The van der Waals surface area contributed by atoms with Crippen LogP contribution in [0.25, 0.3) is 0 Å². The van der Waals surface area contributed by atoms with Crippen molar-refractivity contribution in [3.63, 3.8) is 0 Å². The molecule has 0 unspecified atom stereocenters. The first kappa shape index (κ1) is 19.4. The van der Waals surface area contributed by atoms with Gasteiger partial charge < -0.3 is 15.1 Å². The number of anilines is 2. The third-order valence-corrected chi connectivity index (χ3v) is 5.71. The Morgan fingerprint density at radius 3 is 2.30 bits per heavy atom. The molecule has 1 heterocycles. The molecule has 0 atom stereocenters. The number of amides is 1. The van der Waals surface area contributed by atoms with Crippen LogP contribution in [0.5, 0.6) is 0 Å². The first-order valence-corrected chi connectivity index (χ1v) is 9.86. The van der Waals surface area contributed by atoms with Crippen molar-refractivity contribution in [1.82, 2.24) is 4.90 Å². The summed E-state index contributed by atoms with van der Waals surface area (Å²) in [6, 6.07) is 16.3. The molecule has 144 valence electrons. The Hall–Kier alpha value is -2.33. The predicted molar refractivity (Wildman–Crippen MR) is 114 cm³/mol. The Labute approximate surface area is 163 Å². The topological polar surface area (TPSA) is 35.6 Å². The number of likely N-dealkylation sites (N-methyl/N-ethyl adjacent to an activating group) is 1. The number of piperazine rings is 1. The Kier molecular flexibility index (Phi) is 5.85. The van der Waals surface area contributed by atoms with Gasteiger partial charge >= 0.3 is 0 Å². The van der Waals surface area contributed by atoms with Crippen LogP contribution in [-0.4, -0.2) is 43.5 Å². The molecule has 0 bridgehead atoms. The minimum Gasteiger partial charge on any atom is -0.369 e. The molecule has 1 aliphatic rings. The fourth-order valence-electron chi connectivity index (χ4n) is 3.57. The van der Waals surface area contributed by atoms with E-state index in [1.54, 1.807) is 0 Å². The second-order valence-electron chi connectivity index (χ2n) is 7.87. The monoisotopic (exact) mass is 365 g/mol. The highest BCUT2D eigenvalue weighted by Gasteiger charge is 2.30. The van der Waals surface area contributed by atoms with E-state index in [4.69, 9.17) is 0 Å². The van der Waals surface area contributed by atoms with Crippen LogP contribution in [0.4, 0.5) is 11.4 Å². The highest BCUT2D eigenvalue weighted by molar-refractivity contribution is 5.99. The summed E-state index contributed by atoms with van der Waals surface area (Å²) >= 11 is 0. The fraction of sp³-hybridized carbons (Fsp3) is 0.435. The van der Waals surface area contributed by atoms with E-state index in [1.165, 1.54) is 5.69 Å². The van der Waals surface area contributed by atoms with Crippen LogP contribution in [0, 0.1) is 6.92 Å². The highest BCUT2D eigenvalue weighted by Crippen LogP contribution is 2.28. The lowest BCUT2D eigenvalue weighted by Gasteiger charge is -2.35. The Balaban J connectivity index is 1.70. The lowest BCUT2D eigenvalue weighted by molar-refractivity contribution is -0.120. The summed E-state index contributed by atoms with van der Waals surface area (Å²) in [6.45, 7) is 13.7. The van der Waals surface area contributed by atoms with Gasteiger partial charge in [0.05, 0.1) is 5.41 Å². The van der Waals surface area contributed by atoms with Crippen molar-refractivity contribution in [2.75, 3.05) is 42.9 Å². The standard InChI is InChI=1S/C23H31N3O/c1-5-25-13-15-26(16-14-25)20-11-12-21(18(2)17-20)24-22(27)23(3,4)19-9-7-6-8-10-19/h6-12,17H,5,13-16H2,1-4H3,(H,24,27). The molecule has 1 amide bonds. The zero-order valence-corrected chi connectivity index (χ0v) is 17.0. The summed E-state index contributed by atoms with van der Waals surface area (Å²) < 4.78 is 0. The number of carbonyl (C=O) groups excluding carboxylic acids is 1. The van der Waals surface area contributed by atoms with E-state index in [1.807, 2.05) is 50.2 Å². The number of nitrogens with zero attached hydrogens (tertiary/aromatic N) is 2. The van der Waals surface area contributed by atoms with E-state index in [9.17, 15) is 4.79 Å². The molecule has 2 aromatic rings. The molecule has 0 spiro atoms. The second kappa shape index (κ2) is 8.13. The quantitative estimate of drug-likeness (QED) is 0.868. The van der Waals surface area contributed by atoms with Crippen molar-refractivity contribution in [3.8, 4) is 0 Å². The van der Waals surface area contributed by atoms with Crippen molar-refractivity contribution in [1.29, 1.82) is 0 Å². The smallest absolute Gasteiger partial charge is 0.234 e. The summed E-state index contributed by atoms with van der Waals surface area (Å²) in [6.07, 6.45) is 0. The van der Waals surface area contributed by atoms with Crippen molar-refractivity contribution in [2.24, 2.45) is 0 Å². The molecule has 4 nitrogen and oxygen atoms in total. The highest BCUT2D eigenvalue weighted by atomic mass is 16.2. The molecule has 2 aromatic carbocycles. The number of aryl methyl sites for hydroxylation is 1. The molecule has 1 aliphatic heterocycles. The molecular weight excluding hydrogens is 334 g/mol. The number of benzene rings is 2. The summed E-state index contributed by atoms with van der Waals surface area (Å²) in [4.78, 5) is 17.8. The van der Waals surface area contributed by atoms with E-state index >= 15 is 0 Å². The van der Waals surface area contributed by atoms with Gasteiger partial charge in [0.25, 0.3) is 0 Å². The average molecular weight is 366 g/mol. The number of nitrogens with one attached hydrogen (secondary N) is 1. The van der Waals surface area contributed by atoms with Gasteiger partial charge in [0.15, 0.2) is 0 Å². The molecule has 0 aliphatic carbocycles. The van der Waals surface area contributed by atoms with Gasteiger partial charge in [0.1, 0.15) is 0 Å². The fourth-order valence-corrected chi connectivity index (χ4v) is 3.57. The van der Waals surface area contributed by atoms with Crippen molar-refractivity contribution >= 4 is 17.3 Å². The van der Waals surface area contributed by atoms with E-state index in [0.29, 0.717) is 0 Å². The predicted octanol–water partition coefficient (Wildman–Crippen LogP) is 4.05. The molecule has 0 aromatic heterocycles. The number of rotatable bonds is 5. The normalized spacial score (nSPS) is 15.6. The lowest BCUT2D eigenvalue weighted by Crippen LogP contribution is -2.46. The van der Waals surface area contributed by atoms with Crippen molar-refractivity contribution in [2.45, 2.75) is 33.1 Å². The van der Waals surface area contributed by atoms with Crippen LogP contribution >= 0.6 is 0 Å². The maximum Gasteiger partial charge on any atom is 0.234 e. The maximum absolute atomic E-state index is 12.9. The third kappa shape index (κ3) is 4.33. The zero-order valence-electron chi connectivity index (χ0n) is 17.0. The van der Waals surface area contributed by atoms with Gasteiger partial charge in [-0.1, -0.05) is 37.3 Å². The Bertz CT molecular complexity index is 777. The zero-order chi connectivity index (χ0) is 19.4. The van der Waals surface area contributed by atoms with Gasteiger partial charge in [-0.2, -0.15) is 0 Å². The molecule has 3 rings (SSSR count). The molecule has 4 heteroatoms. The molecule has 0 radical (unpaired) electrons. The molecule has 1 N–H and O–H groups in total.